The van der Waals surface area contributed by atoms with E-state index >= 15 is 0 Å². The summed E-state index contributed by atoms with van der Waals surface area (Å²) in [5.74, 6) is 0.584. The van der Waals surface area contributed by atoms with E-state index in [-0.39, 0.29) is 16.3 Å². The Labute approximate surface area is 103 Å². The van der Waals surface area contributed by atoms with E-state index in [2.05, 4.69) is 27.4 Å². The largest absolute Gasteiger partial charge is 0.373 e. The van der Waals surface area contributed by atoms with Crippen molar-refractivity contribution >= 4 is 10.8 Å². The second-order valence-corrected chi connectivity index (χ2v) is 8.35. The molecular weight excluding hydrogens is 220 g/mol. The Hall–Kier alpha value is -0.150. The van der Waals surface area contributed by atoms with Crippen LogP contribution < -0.4 is 0 Å². The van der Waals surface area contributed by atoms with Gasteiger partial charge < -0.3 is 4.74 Å². The first-order chi connectivity index (χ1) is 7.09. The molecular formula is C13H26O2S. The lowest BCUT2D eigenvalue weighted by Crippen LogP contribution is -2.38. The Morgan fingerprint density at radius 2 is 1.75 bits per heavy atom. The fraction of sp³-hybridized carbons (Fsp3) is 0.846. The lowest BCUT2D eigenvalue weighted by molar-refractivity contribution is 0.0133. The van der Waals surface area contributed by atoms with Gasteiger partial charge in [-0.15, -0.1) is 6.58 Å². The minimum atomic E-state index is -0.877. The van der Waals surface area contributed by atoms with Crippen molar-refractivity contribution in [2.75, 3.05) is 12.4 Å². The molecule has 0 radical (unpaired) electrons. The SMILES string of the molecule is C=CCO[C@@H](C[S@](=O)C(C)(C)C)C(C)(C)C. The molecule has 0 aliphatic rings. The molecule has 0 unspecified atom stereocenters. The monoisotopic (exact) mass is 246 g/mol. The molecule has 0 N–H and O–H groups in total. The van der Waals surface area contributed by atoms with Gasteiger partial charge in [-0.3, -0.25) is 4.21 Å². The average molecular weight is 246 g/mol. The van der Waals surface area contributed by atoms with Crippen LogP contribution in [-0.4, -0.2) is 27.4 Å². The van der Waals surface area contributed by atoms with Gasteiger partial charge in [0.05, 0.1) is 18.5 Å². The quantitative estimate of drug-likeness (QED) is 0.697. The molecule has 0 aliphatic carbocycles. The zero-order valence-corrected chi connectivity index (χ0v) is 12.3. The standard InChI is InChI=1S/C13H26O2S/c1-8-9-15-11(12(2,3)4)10-16(14)13(5,6)7/h8,11H,1,9-10H2,2-7H3/t11-,16-/m0/s1. The van der Waals surface area contributed by atoms with Gasteiger partial charge in [-0.05, 0) is 26.2 Å². The minimum absolute atomic E-state index is 0.00389. The van der Waals surface area contributed by atoms with E-state index in [1.54, 1.807) is 6.08 Å². The summed E-state index contributed by atoms with van der Waals surface area (Å²) < 4.78 is 17.6. The van der Waals surface area contributed by atoms with Crippen molar-refractivity contribution in [3.8, 4) is 0 Å². The molecule has 0 bridgehead atoms. The molecule has 0 aromatic carbocycles. The van der Waals surface area contributed by atoms with E-state index in [9.17, 15) is 4.21 Å². The van der Waals surface area contributed by atoms with Gasteiger partial charge in [0.25, 0.3) is 0 Å². The van der Waals surface area contributed by atoms with Crippen molar-refractivity contribution in [2.45, 2.75) is 52.4 Å². The highest BCUT2D eigenvalue weighted by atomic mass is 32.2. The highest BCUT2D eigenvalue weighted by Crippen LogP contribution is 2.25. The maximum Gasteiger partial charge on any atom is 0.0742 e. The summed E-state index contributed by atoms with van der Waals surface area (Å²) in [5, 5.41) is 0. The lowest BCUT2D eigenvalue weighted by Gasteiger charge is -2.32. The Kier molecular flexibility index (Phi) is 5.91. The van der Waals surface area contributed by atoms with Crippen LogP contribution in [0.4, 0.5) is 0 Å². The van der Waals surface area contributed by atoms with Crippen molar-refractivity contribution in [1.82, 2.24) is 0 Å². The first-order valence-corrected chi connectivity index (χ1v) is 7.02. The third kappa shape index (κ3) is 5.80. The summed E-state index contributed by atoms with van der Waals surface area (Å²) in [6.07, 6.45) is 1.74. The van der Waals surface area contributed by atoms with Gasteiger partial charge in [0.15, 0.2) is 0 Å². The molecule has 0 aliphatic heterocycles. The van der Waals surface area contributed by atoms with Crippen LogP contribution in [0, 0.1) is 5.41 Å². The summed E-state index contributed by atoms with van der Waals surface area (Å²) in [5.41, 5.74) is 0.00389. The van der Waals surface area contributed by atoms with Crippen LogP contribution in [0.1, 0.15) is 41.5 Å². The Bertz CT molecular complexity index is 246. The number of hydrogen-bond donors (Lipinski definition) is 0. The van der Waals surface area contributed by atoms with Crippen LogP contribution in [0.25, 0.3) is 0 Å². The van der Waals surface area contributed by atoms with Crippen LogP contribution in [-0.2, 0) is 15.5 Å². The van der Waals surface area contributed by atoms with Crippen molar-refractivity contribution in [3.05, 3.63) is 12.7 Å². The molecule has 2 nitrogen and oxygen atoms in total. The van der Waals surface area contributed by atoms with Gasteiger partial charge in [0.2, 0.25) is 0 Å². The van der Waals surface area contributed by atoms with Gasteiger partial charge in [0, 0.05) is 15.5 Å². The fourth-order valence-corrected chi connectivity index (χ4v) is 2.49. The van der Waals surface area contributed by atoms with E-state index in [0.717, 1.165) is 0 Å². The molecule has 0 aromatic rings. The normalized spacial score (nSPS) is 16.9. The van der Waals surface area contributed by atoms with Gasteiger partial charge >= 0.3 is 0 Å². The predicted octanol–water partition coefficient (Wildman–Crippen LogP) is 3.15. The van der Waals surface area contributed by atoms with Crippen LogP contribution in [0.3, 0.4) is 0 Å². The van der Waals surface area contributed by atoms with Gasteiger partial charge in [-0.2, -0.15) is 0 Å². The van der Waals surface area contributed by atoms with Crippen molar-refractivity contribution in [3.63, 3.8) is 0 Å². The summed E-state index contributed by atoms with van der Waals surface area (Å²) in [6.45, 7) is 16.5. The smallest absolute Gasteiger partial charge is 0.0742 e. The van der Waals surface area contributed by atoms with Gasteiger partial charge in [-0.1, -0.05) is 26.8 Å². The summed E-state index contributed by atoms with van der Waals surface area (Å²) in [4.78, 5) is 0. The maximum absolute atomic E-state index is 12.1. The Morgan fingerprint density at radius 1 is 1.25 bits per heavy atom. The molecule has 96 valence electrons. The molecule has 2 atom stereocenters. The van der Waals surface area contributed by atoms with Crippen LogP contribution in [0.15, 0.2) is 12.7 Å². The van der Waals surface area contributed by atoms with E-state index in [1.807, 2.05) is 20.8 Å². The molecule has 0 saturated carbocycles. The van der Waals surface area contributed by atoms with Crippen LogP contribution >= 0.6 is 0 Å². The summed E-state index contributed by atoms with van der Waals surface area (Å²) in [6, 6.07) is 0. The number of hydrogen-bond acceptors (Lipinski definition) is 2. The second-order valence-electron chi connectivity index (χ2n) is 6.10. The van der Waals surface area contributed by atoms with Crippen LogP contribution in [0.5, 0.6) is 0 Å². The minimum Gasteiger partial charge on any atom is -0.373 e. The van der Waals surface area contributed by atoms with E-state index in [1.165, 1.54) is 0 Å². The number of ether oxygens (including phenoxy) is 1. The van der Waals surface area contributed by atoms with Gasteiger partial charge in [0.1, 0.15) is 0 Å². The lowest BCUT2D eigenvalue weighted by atomic mass is 9.90. The second kappa shape index (κ2) is 5.97. The molecule has 3 heteroatoms. The zero-order valence-electron chi connectivity index (χ0n) is 11.5. The predicted molar refractivity (Wildman–Crippen MR) is 72.2 cm³/mol. The van der Waals surface area contributed by atoms with E-state index in [4.69, 9.17) is 4.74 Å². The highest BCUT2D eigenvalue weighted by Gasteiger charge is 2.30. The molecule has 0 rings (SSSR count). The topological polar surface area (TPSA) is 26.3 Å². The first-order valence-electron chi connectivity index (χ1n) is 5.70. The molecule has 0 aromatic heterocycles. The summed E-state index contributed by atoms with van der Waals surface area (Å²) >= 11 is 0. The molecule has 0 fully saturated rings. The van der Waals surface area contributed by atoms with Crippen molar-refractivity contribution in [2.24, 2.45) is 5.41 Å². The van der Waals surface area contributed by atoms with E-state index < -0.39 is 10.8 Å². The average Bonchev–Trinajstić information content (AvgIpc) is 2.08. The molecule has 0 saturated heterocycles. The number of rotatable bonds is 5. The third-order valence-corrected chi connectivity index (χ3v) is 4.34. The van der Waals surface area contributed by atoms with E-state index in [0.29, 0.717) is 12.4 Å². The first kappa shape index (κ1) is 15.9. The van der Waals surface area contributed by atoms with Crippen molar-refractivity contribution < 1.29 is 8.95 Å². The summed E-state index contributed by atoms with van der Waals surface area (Å²) in [7, 11) is -0.877. The van der Waals surface area contributed by atoms with Crippen molar-refractivity contribution in [1.29, 1.82) is 0 Å². The molecule has 0 amide bonds. The Balaban J connectivity index is 4.56. The van der Waals surface area contributed by atoms with Gasteiger partial charge in [-0.25, -0.2) is 0 Å². The third-order valence-electron chi connectivity index (χ3n) is 2.37. The molecule has 0 spiro atoms. The molecule has 0 heterocycles. The zero-order chi connectivity index (χ0) is 13.0. The Morgan fingerprint density at radius 3 is 2.06 bits per heavy atom. The maximum atomic E-state index is 12.1. The van der Waals surface area contributed by atoms with Crippen LogP contribution in [0.2, 0.25) is 0 Å². The highest BCUT2D eigenvalue weighted by molar-refractivity contribution is 7.86. The fourth-order valence-electron chi connectivity index (χ4n) is 1.12. The molecule has 16 heavy (non-hydrogen) atoms.